The van der Waals surface area contributed by atoms with Crippen LogP contribution in [0.5, 0.6) is 0 Å². The summed E-state index contributed by atoms with van der Waals surface area (Å²) in [6, 6.07) is 3.48. The molecule has 4 rings (SSSR count). The van der Waals surface area contributed by atoms with Crippen molar-refractivity contribution >= 4 is 34.0 Å². The number of halogens is 1. The number of pyridine rings is 1. The van der Waals surface area contributed by atoms with Gasteiger partial charge in [-0.3, -0.25) is 9.69 Å². The summed E-state index contributed by atoms with van der Waals surface area (Å²) in [5.74, 6) is 0.805. The van der Waals surface area contributed by atoms with Gasteiger partial charge in [0.15, 0.2) is 5.13 Å². The summed E-state index contributed by atoms with van der Waals surface area (Å²) < 4.78 is 0. The molecule has 0 unspecified atom stereocenters. The van der Waals surface area contributed by atoms with Gasteiger partial charge in [-0.2, -0.15) is 0 Å². The van der Waals surface area contributed by atoms with Crippen LogP contribution in [0.3, 0.4) is 0 Å². The molecule has 6 nitrogen and oxygen atoms in total. The Morgan fingerprint density at radius 1 is 1.21 bits per heavy atom. The average Bonchev–Trinajstić information content (AvgIpc) is 3.18. The lowest BCUT2D eigenvalue weighted by molar-refractivity contribution is 0.0746. The summed E-state index contributed by atoms with van der Waals surface area (Å²) >= 11 is 7.78. The van der Waals surface area contributed by atoms with Crippen molar-refractivity contribution in [3.05, 3.63) is 40.1 Å². The molecule has 0 radical (unpaired) electrons. The molecule has 0 spiro atoms. The Hall–Kier alpha value is -1.70. The van der Waals surface area contributed by atoms with Gasteiger partial charge in [-0.15, -0.1) is 11.3 Å². The lowest BCUT2D eigenvalue weighted by Crippen LogP contribution is -2.48. The van der Waals surface area contributed by atoms with E-state index in [1.54, 1.807) is 29.7 Å². The fourth-order valence-corrected chi connectivity index (χ4v) is 4.85. The number of thiazole rings is 1. The van der Waals surface area contributed by atoms with Gasteiger partial charge in [-0.25, -0.2) is 9.97 Å². The van der Waals surface area contributed by atoms with Gasteiger partial charge in [-0.05, 0) is 44.0 Å². The Bertz CT molecular complexity index is 812. The van der Waals surface area contributed by atoms with Crippen molar-refractivity contribution < 1.29 is 4.79 Å². The molecule has 0 saturated carbocycles. The fourth-order valence-electron chi connectivity index (χ4n) is 3.78. The molecule has 2 fully saturated rings. The second-order valence-corrected chi connectivity index (χ2v) is 8.90. The molecule has 1 amide bonds. The molecule has 8 heteroatoms. The van der Waals surface area contributed by atoms with Crippen LogP contribution in [0.25, 0.3) is 0 Å². The van der Waals surface area contributed by atoms with E-state index in [4.69, 9.17) is 16.6 Å². The van der Waals surface area contributed by atoms with Crippen molar-refractivity contribution in [1.82, 2.24) is 19.8 Å². The van der Waals surface area contributed by atoms with Crippen LogP contribution in [0.2, 0.25) is 5.15 Å². The zero-order valence-electron chi connectivity index (χ0n) is 16.2. The summed E-state index contributed by atoms with van der Waals surface area (Å²) in [7, 11) is 0. The maximum absolute atomic E-state index is 12.7. The van der Waals surface area contributed by atoms with Crippen LogP contribution in [0, 0.1) is 5.92 Å². The number of carbonyl (C=O) groups is 1. The first kappa shape index (κ1) is 19.6. The van der Waals surface area contributed by atoms with Crippen molar-refractivity contribution in [1.29, 1.82) is 0 Å². The largest absolute Gasteiger partial charge is 0.345 e. The van der Waals surface area contributed by atoms with Gasteiger partial charge in [0.25, 0.3) is 5.91 Å². The van der Waals surface area contributed by atoms with E-state index in [9.17, 15) is 4.79 Å². The molecule has 150 valence electrons. The summed E-state index contributed by atoms with van der Waals surface area (Å²) in [6.45, 7) is 8.55. The molecular formula is C20H26ClN5OS. The van der Waals surface area contributed by atoms with E-state index in [1.165, 1.54) is 25.9 Å². The van der Waals surface area contributed by atoms with Crippen LogP contribution >= 0.6 is 22.9 Å². The topological polar surface area (TPSA) is 52.6 Å². The minimum atomic E-state index is -0.0445. The Morgan fingerprint density at radius 3 is 2.68 bits per heavy atom. The normalized spacial score (nSPS) is 19.2. The highest BCUT2D eigenvalue weighted by Gasteiger charge is 2.25. The highest BCUT2D eigenvalue weighted by atomic mass is 35.5. The number of piperidine rings is 1. The van der Waals surface area contributed by atoms with Crippen LogP contribution in [0.4, 0.5) is 5.13 Å². The quantitative estimate of drug-likeness (QED) is 0.711. The number of anilines is 1. The third-order valence-corrected chi connectivity index (χ3v) is 6.88. The fraction of sp³-hybridized carbons (Fsp3) is 0.550. The molecule has 28 heavy (non-hydrogen) atoms. The Morgan fingerprint density at radius 2 is 1.96 bits per heavy atom. The number of carbonyl (C=O) groups excluding carboxylic acids is 1. The first-order valence-electron chi connectivity index (χ1n) is 9.91. The maximum Gasteiger partial charge on any atom is 0.257 e. The maximum atomic E-state index is 12.7. The Labute approximate surface area is 175 Å². The summed E-state index contributed by atoms with van der Waals surface area (Å²) in [6.07, 6.45) is 4.17. The van der Waals surface area contributed by atoms with E-state index < -0.39 is 0 Å². The van der Waals surface area contributed by atoms with Crippen molar-refractivity contribution in [2.75, 3.05) is 44.2 Å². The predicted molar refractivity (Wildman–Crippen MR) is 113 cm³/mol. The minimum Gasteiger partial charge on any atom is -0.345 e. The standard InChI is InChI=1S/C20H26ClN5OS/c1-15-4-7-24(8-5-15)13-16-14-28-20(23-16)26-11-9-25(10-12-26)19(27)17-3-2-6-22-18(17)21/h2-3,6,14-15H,4-5,7-13H2,1H3. The van der Waals surface area contributed by atoms with Crippen molar-refractivity contribution in [3.63, 3.8) is 0 Å². The lowest BCUT2D eigenvalue weighted by atomic mass is 9.99. The van der Waals surface area contributed by atoms with Crippen LogP contribution in [-0.4, -0.2) is 64.9 Å². The van der Waals surface area contributed by atoms with Crippen molar-refractivity contribution in [2.24, 2.45) is 5.92 Å². The predicted octanol–water partition coefficient (Wildman–Crippen LogP) is 3.39. The second-order valence-electron chi connectivity index (χ2n) is 7.70. The molecule has 0 atom stereocenters. The van der Waals surface area contributed by atoms with Crippen molar-refractivity contribution in [3.8, 4) is 0 Å². The Kier molecular flexibility index (Phi) is 6.13. The highest BCUT2D eigenvalue weighted by molar-refractivity contribution is 7.13. The van der Waals surface area contributed by atoms with E-state index >= 15 is 0 Å². The van der Waals surface area contributed by atoms with Gasteiger partial charge in [-0.1, -0.05) is 18.5 Å². The second kappa shape index (κ2) is 8.76. The average molecular weight is 420 g/mol. The molecule has 2 aromatic rings. The molecular weight excluding hydrogens is 394 g/mol. The van der Waals surface area contributed by atoms with Gasteiger partial charge in [0.2, 0.25) is 0 Å². The molecule has 0 N–H and O–H groups in total. The van der Waals surface area contributed by atoms with Crippen LogP contribution in [0.15, 0.2) is 23.7 Å². The zero-order valence-corrected chi connectivity index (χ0v) is 17.8. The SMILES string of the molecule is CC1CCN(Cc2csc(N3CCN(C(=O)c4cccnc4Cl)CC3)n2)CC1. The third kappa shape index (κ3) is 4.47. The number of hydrogen-bond acceptors (Lipinski definition) is 6. The van der Waals surface area contributed by atoms with Crippen LogP contribution < -0.4 is 4.90 Å². The van der Waals surface area contributed by atoms with Crippen molar-refractivity contribution in [2.45, 2.75) is 26.3 Å². The molecule has 0 aromatic carbocycles. The van der Waals surface area contributed by atoms with Crippen LogP contribution in [-0.2, 0) is 6.54 Å². The molecule has 0 bridgehead atoms. The van der Waals surface area contributed by atoms with E-state index in [0.717, 1.165) is 36.4 Å². The number of piperazine rings is 1. The molecule has 2 aromatic heterocycles. The van der Waals surface area contributed by atoms with Crippen LogP contribution in [0.1, 0.15) is 35.8 Å². The van der Waals surface area contributed by atoms with E-state index in [0.29, 0.717) is 18.7 Å². The third-order valence-electron chi connectivity index (χ3n) is 5.63. The van der Waals surface area contributed by atoms with E-state index in [2.05, 4.69) is 27.1 Å². The monoisotopic (exact) mass is 419 g/mol. The number of rotatable bonds is 4. The smallest absolute Gasteiger partial charge is 0.257 e. The summed E-state index contributed by atoms with van der Waals surface area (Å²) in [5, 5.41) is 3.51. The number of hydrogen-bond donors (Lipinski definition) is 0. The van der Waals surface area contributed by atoms with Gasteiger partial charge >= 0.3 is 0 Å². The summed E-state index contributed by atoms with van der Waals surface area (Å²) in [5.41, 5.74) is 1.64. The van der Waals surface area contributed by atoms with E-state index in [1.807, 2.05) is 4.90 Å². The highest BCUT2D eigenvalue weighted by Crippen LogP contribution is 2.25. The Balaban J connectivity index is 1.31. The molecule has 2 aliphatic rings. The lowest BCUT2D eigenvalue weighted by Gasteiger charge is -2.34. The van der Waals surface area contributed by atoms with Gasteiger partial charge < -0.3 is 9.80 Å². The minimum absolute atomic E-state index is 0.0445. The summed E-state index contributed by atoms with van der Waals surface area (Å²) in [4.78, 5) is 28.2. The number of aromatic nitrogens is 2. The first-order chi connectivity index (χ1) is 13.6. The molecule has 2 saturated heterocycles. The van der Waals surface area contributed by atoms with Gasteiger partial charge in [0, 0.05) is 44.3 Å². The number of nitrogens with zero attached hydrogens (tertiary/aromatic N) is 5. The zero-order chi connectivity index (χ0) is 19.5. The molecule has 0 aliphatic carbocycles. The first-order valence-corrected chi connectivity index (χ1v) is 11.2. The molecule has 2 aliphatic heterocycles. The van der Waals surface area contributed by atoms with Gasteiger partial charge in [0.1, 0.15) is 5.15 Å². The number of amides is 1. The number of likely N-dealkylation sites (tertiary alicyclic amines) is 1. The van der Waals surface area contributed by atoms with Gasteiger partial charge in [0.05, 0.1) is 11.3 Å². The molecule has 4 heterocycles. The van der Waals surface area contributed by atoms with E-state index in [-0.39, 0.29) is 11.1 Å².